The maximum atomic E-state index is 2.41. The SMILES string of the molecule is C[CH2][GeH]([CH2]C)[C](C)(C)C. The molecule has 0 nitrogen and oxygen atoms in total. The monoisotopic (exact) mass is 190 g/mol. The molecule has 0 bridgehead atoms. The molecule has 0 rings (SSSR count). The van der Waals surface area contributed by atoms with Crippen molar-refractivity contribution in [2.45, 2.75) is 49.4 Å². The van der Waals surface area contributed by atoms with Gasteiger partial charge in [-0.3, -0.25) is 0 Å². The van der Waals surface area contributed by atoms with E-state index in [0.717, 1.165) is 0 Å². The van der Waals surface area contributed by atoms with Gasteiger partial charge in [0.05, 0.1) is 0 Å². The zero-order valence-corrected chi connectivity index (χ0v) is 9.91. The second-order valence-electron chi connectivity index (χ2n) is 3.88. The summed E-state index contributed by atoms with van der Waals surface area (Å²) in [5.74, 6) is 0. The molecule has 0 spiro atoms. The van der Waals surface area contributed by atoms with Crippen LogP contribution in [-0.2, 0) is 0 Å². The van der Waals surface area contributed by atoms with E-state index in [9.17, 15) is 0 Å². The third-order valence-electron chi connectivity index (χ3n) is 2.21. The first-order valence-corrected chi connectivity index (χ1v) is 8.66. The van der Waals surface area contributed by atoms with Crippen LogP contribution in [0, 0.1) is 0 Å². The molecule has 0 fully saturated rings. The first-order chi connectivity index (χ1) is 4.02. The molecule has 0 aromatic carbocycles. The van der Waals surface area contributed by atoms with Gasteiger partial charge in [-0.2, -0.15) is 0 Å². The molecule has 0 saturated carbocycles. The fourth-order valence-electron chi connectivity index (χ4n) is 1.51. The predicted molar refractivity (Wildman–Crippen MR) is 47.8 cm³/mol. The van der Waals surface area contributed by atoms with Crippen molar-refractivity contribution >= 4 is 14.3 Å². The number of hydrogen-bond acceptors (Lipinski definition) is 0. The molecule has 0 amide bonds. The van der Waals surface area contributed by atoms with E-state index in [2.05, 4.69) is 34.6 Å². The van der Waals surface area contributed by atoms with E-state index in [1.807, 2.05) is 0 Å². The van der Waals surface area contributed by atoms with E-state index < -0.39 is 14.3 Å². The Bertz CT molecular complexity index is 67.1. The van der Waals surface area contributed by atoms with Gasteiger partial charge in [-0.05, 0) is 0 Å². The van der Waals surface area contributed by atoms with Crippen molar-refractivity contribution in [1.82, 2.24) is 0 Å². The molecule has 0 atom stereocenters. The van der Waals surface area contributed by atoms with Gasteiger partial charge < -0.3 is 0 Å². The van der Waals surface area contributed by atoms with Gasteiger partial charge in [-0.15, -0.1) is 0 Å². The molecule has 9 heavy (non-hydrogen) atoms. The van der Waals surface area contributed by atoms with Crippen LogP contribution in [0.5, 0.6) is 0 Å². The quantitative estimate of drug-likeness (QED) is 0.585. The minimum atomic E-state index is -0.829. The second-order valence-corrected chi connectivity index (χ2v) is 13.9. The molecule has 0 saturated heterocycles. The molecule has 1 heteroatoms. The molecule has 0 aliphatic carbocycles. The molecular weight excluding hydrogens is 169 g/mol. The van der Waals surface area contributed by atoms with Crippen LogP contribution in [0.2, 0.25) is 14.8 Å². The van der Waals surface area contributed by atoms with Crippen molar-refractivity contribution in [3.05, 3.63) is 0 Å². The van der Waals surface area contributed by atoms with Crippen LogP contribution in [0.3, 0.4) is 0 Å². The first-order valence-electron chi connectivity index (χ1n) is 4.02. The van der Waals surface area contributed by atoms with Crippen molar-refractivity contribution in [1.29, 1.82) is 0 Å². The molecule has 0 aliphatic heterocycles. The third-order valence-corrected chi connectivity index (χ3v) is 11.5. The van der Waals surface area contributed by atoms with Crippen LogP contribution in [0.1, 0.15) is 34.6 Å². The first kappa shape index (κ1) is 9.54. The Morgan fingerprint density at radius 3 is 1.33 bits per heavy atom. The van der Waals surface area contributed by atoms with Crippen molar-refractivity contribution < 1.29 is 0 Å². The molecule has 0 aromatic rings. The van der Waals surface area contributed by atoms with Crippen molar-refractivity contribution in [3.8, 4) is 0 Å². The fourth-order valence-corrected chi connectivity index (χ4v) is 7.86. The summed E-state index contributed by atoms with van der Waals surface area (Å²) in [5.41, 5.74) is 0. The van der Waals surface area contributed by atoms with Crippen LogP contribution in [0.4, 0.5) is 0 Å². The van der Waals surface area contributed by atoms with Gasteiger partial charge in [0, 0.05) is 0 Å². The van der Waals surface area contributed by atoms with Gasteiger partial charge in [0.2, 0.25) is 0 Å². The standard InChI is InChI=1S/C8H20Ge/c1-6-9(7-2)8(3,4)5/h9H,6-7H2,1-5H3. The van der Waals surface area contributed by atoms with E-state index in [1.165, 1.54) is 10.5 Å². The summed E-state index contributed by atoms with van der Waals surface area (Å²) in [7, 11) is 0. The van der Waals surface area contributed by atoms with Crippen LogP contribution in [-0.4, -0.2) is 14.3 Å². The van der Waals surface area contributed by atoms with Crippen molar-refractivity contribution in [2.75, 3.05) is 0 Å². The zero-order chi connectivity index (χ0) is 7.49. The Kier molecular flexibility index (Phi) is 3.87. The van der Waals surface area contributed by atoms with Gasteiger partial charge in [-0.25, -0.2) is 0 Å². The summed E-state index contributed by atoms with van der Waals surface area (Å²) in [6, 6.07) is 0. The Morgan fingerprint density at radius 2 is 1.33 bits per heavy atom. The molecule has 0 radical (unpaired) electrons. The number of hydrogen-bond donors (Lipinski definition) is 0. The fraction of sp³-hybridized carbons (Fsp3) is 1.00. The van der Waals surface area contributed by atoms with Gasteiger partial charge in [0.15, 0.2) is 0 Å². The molecule has 0 aliphatic rings. The normalized spacial score (nSPS) is 12.7. The summed E-state index contributed by atoms with van der Waals surface area (Å²) in [6.07, 6.45) is 0. The topological polar surface area (TPSA) is 0 Å². The summed E-state index contributed by atoms with van der Waals surface area (Å²) in [5, 5.41) is 3.01. The Labute approximate surface area is 64.1 Å². The molecule has 0 N–H and O–H groups in total. The Balaban J connectivity index is 3.79. The number of rotatable bonds is 2. The summed E-state index contributed by atoms with van der Waals surface area (Å²) in [4.78, 5) is 0. The van der Waals surface area contributed by atoms with Gasteiger partial charge in [0.25, 0.3) is 0 Å². The summed E-state index contributed by atoms with van der Waals surface area (Å²) < 4.78 is 0.705. The van der Waals surface area contributed by atoms with E-state index in [1.54, 1.807) is 0 Å². The predicted octanol–water partition coefficient (Wildman–Crippen LogP) is 3.05. The average molecular weight is 189 g/mol. The summed E-state index contributed by atoms with van der Waals surface area (Å²) >= 11 is -0.829. The van der Waals surface area contributed by atoms with E-state index in [0.29, 0.717) is 4.25 Å². The van der Waals surface area contributed by atoms with Crippen LogP contribution >= 0.6 is 0 Å². The molecule has 0 heterocycles. The van der Waals surface area contributed by atoms with Crippen molar-refractivity contribution in [2.24, 2.45) is 0 Å². The van der Waals surface area contributed by atoms with E-state index in [-0.39, 0.29) is 0 Å². The van der Waals surface area contributed by atoms with Crippen LogP contribution < -0.4 is 0 Å². The van der Waals surface area contributed by atoms with Crippen LogP contribution in [0.15, 0.2) is 0 Å². The van der Waals surface area contributed by atoms with Gasteiger partial charge in [-0.1, -0.05) is 0 Å². The van der Waals surface area contributed by atoms with E-state index >= 15 is 0 Å². The van der Waals surface area contributed by atoms with Crippen LogP contribution in [0.25, 0.3) is 0 Å². The van der Waals surface area contributed by atoms with Gasteiger partial charge in [0.1, 0.15) is 0 Å². The Morgan fingerprint density at radius 1 is 1.00 bits per heavy atom. The average Bonchev–Trinajstić information content (AvgIpc) is 1.65. The molecule has 56 valence electrons. The van der Waals surface area contributed by atoms with E-state index in [4.69, 9.17) is 0 Å². The van der Waals surface area contributed by atoms with Gasteiger partial charge >= 0.3 is 63.7 Å². The minimum absolute atomic E-state index is 0.705. The zero-order valence-electron chi connectivity index (χ0n) is 7.49. The molecular formula is C8H20Ge. The molecule has 0 unspecified atom stereocenters. The summed E-state index contributed by atoms with van der Waals surface area (Å²) in [6.45, 7) is 11.9. The van der Waals surface area contributed by atoms with Crippen molar-refractivity contribution in [3.63, 3.8) is 0 Å². The molecule has 0 aromatic heterocycles. The Hall–Kier alpha value is 0.543. The third kappa shape index (κ3) is 3.29. The maximum absolute atomic E-state index is 2.41. The second kappa shape index (κ2) is 3.65.